The Morgan fingerprint density at radius 1 is 1.24 bits per heavy atom. The standard InChI is InChI=1S/C17H19NO3/c1-2-3-4-5-14-8-9-15(17(14)19)12-13-6-10-16(11-7-13)18(20)21/h6-8,10-12H,2-5,9H2,1H3/b15-12+. The van der Waals surface area contributed by atoms with E-state index in [1.165, 1.54) is 12.1 Å². The van der Waals surface area contributed by atoms with Gasteiger partial charge in [0, 0.05) is 17.7 Å². The summed E-state index contributed by atoms with van der Waals surface area (Å²) in [7, 11) is 0. The number of non-ortho nitro benzene ring substituents is 1. The van der Waals surface area contributed by atoms with Crippen molar-refractivity contribution < 1.29 is 9.72 Å². The number of Topliss-reactive ketones (excluding diaryl/α,β-unsaturated/α-hetero) is 1. The average molecular weight is 285 g/mol. The number of unbranched alkanes of at least 4 members (excludes halogenated alkanes) is 2. The van der Waals surface area contributed by atoms with Gasteiger partial charge in [-0.25, -0.2) is 0 Å². The van der Waals surface area contributed by atoms with Crippen molar-refractivity contribution >= 4 is 17.5 Å². The molecule has 0 saturated heterocycles. The van der Waals surface area contributed by atoms with Gasteiger partial charge in [-0.3, -0.25) is 14.9 Å². The minimum Gasteiger partial charge on any atom is -0.289 e. The molecule has 2 rings (SSSR count). The summed E-state index contributed by atoms with van der Waals surface area (Å²) in [5.41, 5.74) is 2.58. The van der Waals surface area contributed by atoms with Gasteiger partial charge in [-0.05, 0) is 48.6 Å². The molecular formula is C17H19NO3. The molecular weight excluding hydrogens is 266 g/mol. The van der Waals surface area contributed by atoms with Crippen LogP contribution in [0.15, 0.2) is 41.5 Å². The summed E-state index contributed by atoms with van der Waals surface area (Å²) in [5, 5.41) is 10.6. The fourth-order valence-corrected chi connectivity index (χ4v) is 2.42. The summed E-state index contributed by atoms with van der Waals surface area (Å²) >= 11 is 0. The maximum Gasteiger partial charge on any atom is 0.269 e. The molecule has 110 valence electrons. The lowest BCUT2D eigenvalue weighted by Crippen LogP contribution is -1.99. The fraction of sp³-hybridized carbons (Fsp3) is 0.353. The predicted molar refractivity (Wildman–Crippen MR) is 82.9 cm³/mol. The Bertz CT molecular complexity index is 597. The van der Waals surface area contributed by atoms with Crippen molar-refractivity contribution in [3.63, 3.8) is 0 Å². The molecule has 0 atom stereocenters. The number of nitro groups is 1. The molecule has 0 fully saturated rings. The van der Waals surface area contributed by atoms with E-state index in [-0.39, 0.29) is 11.5 Å². The molecule has 21 heavy (non-hydrogen) atoms. The number of allylic oxidation sites excluding steroid dienone is 3. The lowest BCUT2D eigenvalue weighted by molar-refractivity contribution is -0.384. The van der Waals surface area contributed by atoms with Gasteiger partial charge in [-0.15, -0.1) is 0 Å². The zero-order chi connectivity index (χ0) is 15.2. The van der Waals surface area contributed by atoms with Crippen LogP contribution >= 0.6 is 0 Å². The Hall–Kier alpha value is -2.23. The minimum atomic E-state index is -0.426. The van der Waals surface area contributed by atoms with E-state index in [1.807, 2.05) is 12.2 Å². The van der Waals surface area contributed by atoms with Crippen LogP contribution in [-0.2, 0) is 4.79 Å². The number of nitro benzene ring substituents is 1. The average Bonchev–Trinajstić information content (AvgIpc) is 2.81. The third kappa shape index (κ3) is 3.88. The zero-order valence-electron chi connectivity index (χ0n) is 12.2. The van der Waals surface area contributed by atoms with Gasteiger partial charge in [0.2, 0.25) is 0 Å². The molecule has 1 aliphatic carbocycles. The van der Waals surface area contributed by atoms with Crippen LogP contribution < -0.4 is 0 Å². The first-order valence-corrected chi connectivity index (χ1v) is 7.30. The highest BCUT2D eigenvalue weighted by molar-refractivity contribution is 6.13. The van der Waals surface area contributed by atoms with E-state index in [9.17, 15) is 14.9 Å². The van der Waals surface area contributed by atoms with Crippen LogP contribution in [0.25, 0.3) is 6.08 Å². The van der Waals surface area contributed by atoms with E-state index >= 15 is 0 Å². The van der Waals surface area contributed by atoms with Crippen LogP contribution in [0.2, 0.25) is 0 Å². The highest BCUT2D eigenvalue weighted by Crippen LogP contribution is 2.26. The smallest absolute Gasteiger partial charge is 0.269 e. The van der Waals surface area contributed by atoms with Gasteiger partial charge in [0.15, 0.2) is 5.78 Å². The molecule has 1 aromatic rings. The molecule has 0 heterocycles. The lowest BCUT2D eigenvalue weighted by Gasteiger charge is -2.01. The van der Waals surface area contributed by atoms with Crippen LogP contribution in [0.4, 0.5) is 5.69 Å². The number of rotatable bonds is 6. The van der Waals surface area contributed by atoms with Gasteiger partial charge in [-0.1, -0.05) is 25.8 Å². The lowest BCUT2D eigenvalue weighted by atomic mass is 10.0. The van der Waals surface area contributed by atoms with Crippen LogP contribution in [0, 0.1) is 10.1 Å². The zero-order valence-corrected chi connectivity index (χ0v) is 12.2. The SMILES string of the molecule is CCCCCC1=CC/C(=C\c2ccc([N+](=O)[O-])cc2)C1=O. The van der Waals surface area contributed by atoms with E-state index < -0.39 is 4.92 Å². The molecule has 0 radical (unpaired) electrons. The molecule has 0 saturated carbocycles. The molecule has 0 unspecified atom stereocenters. The van der Waals surface area contributed by atoms with Gasteiger partial charge >= 0.3 is 0 Å². The monoisotopic (exact) mass is 285 g/mol. The molecule has 0 spiro atoms. The first kappa shape index (κ1) is 15.2. The molecule has 4 nitrogen and oxygen atoms in total. The van der Waals surface area contributed by atoms with Gasteiger partial charge in [0.25, 0.3) is 5.69 Å². The highest BCUT2D eigenvalue weighted by atomic mass is 16.6. The molecule has 0 amide bonds. The van der Waals surface area contributed by atoms with Crippen molar-refractivity contribution in [1.82, 2.24) is 0 Å². The Kier molecular flexibility index (Phi) is 5.04. The van der Waals surface area contributed by atoms with Crippen LogP contribution in [0.1, 0.15) is 44.6 Å². The molecule has 0 aliphatic heterocycles. The minimum absolute atomic E-state index is 0.0632. The molecule has 1 aromatic carbocycles. The molecule has 0 bridgehead atoms. The molecule has 4 heteroatoms. The van der Waals surface area contributed by atoms with Crippen molar-refractivity contribution in [2.75, 3.05) is 0 Å². The Morgan fingerprint density at radius 3 is 2.57 bits per heavy atom. The molecule has 0 N–H and O–H groups in total. The van der Waals surface area contributed by atoms with Crippen molar-refractivity contribution in [3.05, 3.63) is 57.2 Å². The van der Waals surface area contributed by atoms with E-state index in [0.29, 0.717) is 6.42 Å². The summed E-state index contributed by atoms with van der Waals surface area (Å²) in [5.74, 6) is 0.129. The number of hydrogen-bond acceptors (Lipinski definition) is 3. The van der Waals surface area contributed by atoms with Crippen molar-refractivity contribution in [2.45, 2.75) is 39.0 Å². The van der Waals surface area contributed by atoms with Crippen LogP contribution in [-0.4, -0.2) is 10.7 Å². The van der Waals surface area contributed by atoms with E-state index in [4.69, 9.17) is 0 Å². The maximum atomic E-state index is 12.2. The third-order valence-electron chi connectivity index (χ3n) is 3.65. The maximum absolute atomic E-state index is 12.2. The summed E-state index contributed by atoms with van der Waals surface area (Å²) in [6.45, 7) is 2.14. The molecule has 0 aromatic heterocycles. The van der Waals surface area contributed by atoms with Crippen LogP contribution in [0.3, 0.4) is 0 Å². The third-order valence-corrected chi connectivity index (χ3v) is 3.65. The topological polar surface area (TPSA) is 60.2 Å². The Labute approximate surface area is 124 Å². The van der Waals surface area contributed by atoms with E-state index in [1.54, 1.807) is 12.1 Å². The van der Waals surface area contributed by atoms with Crippen molar-refractivity contribution in [1.29, 1.82) is 0 Å². The van der Waals surface area contributed by atoms with E-state index in [2.05, 4.69) is 6.92 Å². The van der Waals surface area contributed by atoms with E-state index in [0.717, 1.165) is 42.4 Å². The van der Waals surface area contributed by atoms with Gasteiger partial charge in [-0.2, -0.15) is 0 Å². The Balaban J connectivity index is 2.03. The highest BCUT2D eigenvalue weighted by Gasteiger charge is 2.20. The summed E-state index contributed by atoms with van der Waals surface area (Å²) in [6.07, 6.45) is 8.70. The molecule has 1 aliphatic rings. The second-order valence-corrected chi connectivity index (χ2v) is 5.24. The number of nitrogens with zero attached hydrogens (tertiary/aromatic N) is 1. The quantitative estimate of drug-likeness (QED) is 0.335. The number of benzene rings is 1. The second-order valence-electron chi connectivity index (χ2n) is 5.24. The first-order valence-electron chi connectivity index (χ1n) is 7.30. The second kappa shape index (κ2) is 6.97. The number of carbonyl (C=O) groups is 1. The summed E-state index contributed by atoms with van der Waals surface area (Å²) in [6, 6.07) is 6.27. The number of carbonyl (C=O) groups excluding carboxylic acids is 1. The largest absolute Gasteiger partial charge is 0.289 e. The Morgan fingerprint density at radius 2 is 1.95 bits per heavy atom. The van der Waals surface area contributed by atoms with Crippen molar-refractivity contribution in [3.8, 4) is 0 Å². The first-order chi connectivity index (χ1) is 10.1. The summed E-state index contributed by atoms with van der Waals surface area (Å²) in [4.78, 5) is 22.4. The predicted octanol–water partition coefficient (Wildman–Crippen LogP) is 4.46. The number of hydrogen-bond donors (Lipinski definition) is 0. The van der Waals surface area contributed by atoms with Crippen molar-refractivity contribution in [2.24, 2.45) is 0 Å². The summed E-state index contributed by atoms with van der Waals surface area (Å²) < 4.78 is 0. The van der Waals surface area contributed by atoms with Gasteiger partial charge in [0.05, 0.1) is 4.92 Å². The normalized spacial score (nSPS) is 16.3. The van der Waals surface area contributed by atoms with Crippen LogP contribution in [0.5, 0.6) is 0 Å². The van der Waals surface area contributed by atoms with Gasteiger partial charge in [0.1, 0.15) is 0 Å². The fourth-order valence-electron chi connectivity index (χ4n) is 2.42. The van der Waals surface area contributed by atoms with Gasteiger partial charge < -0.3 is 0 Å². The number of ketones is 1.